The molecule has 0 spiro atoms. The van der Waals surface area contributed by atoms with Crippen LogP contribution in [0.25, 0.3) is 0 Å². The summed E-state index contributed by atoms with van der Waals surface area (Å²) in [7, 11) is 3.18. The minimum atomic E-state index is -0.215. The molecule has 1 amide bonds. The van der Waals surface area contributed by atoms with E-state index < -0.39 is 0 Å². The van der Waals surface area contributed by atoms with E-state index in [0.29, 0.717) is 28.6 Å². The van der Waals surface area contributed by atoms with Crippen LogP contribution in [0.1, 0.15) is 15.9 Å². The van der Waals surface area contributed by atoms with Crippen molar-refractivity contribution in [2.24, 2.45) is 0 Å². The second kappa shape index (κ2) is 8.13. The molecule has 0 atom stereocenters. The Labute approximate surface area is 145 Å². The summed E-state index contributed by atoms with van der Waals surface area (Å²) in [5.41, 5.74) is 1.35. The molecule has 0 radical (unpaired) electrons. The first-order valence-corrected chi connectivity index (χ1v) is 8.51. The highest BCUT2D eigenvalue weighted by molar-refractivity contribution is 7.98. The highest BCUT2D eigenvalue weighted by atomic mass is 35.5. The summed E-state index contributed by atoms with van der Waals surface area (Å²) in [5, 5.41) is 3.30. The fourth-order valence-electron chi connectivity index (χ4n) is 2.05. The SMILES string of the molecule is COc1cc(CNC(=O)c2cc(SC)ccc2Cl)cc(OC)c1. The molecule has 0 heterocycles. The number of halogens is 1. The number of benzene rings is 2. The van der Waals surface area contributed by atoms with Crippen LogP contribution in [-0.2, 0) is 6.54 Å². The molecule has 1 N–H and O–H groups in total. The Morgan fingerprint density at radius 1 is 1.13 bits per heavy atom. The van der Waals surface area contributed by atoms with Gasteiger partial charge in [0.15, 0.2) is 0 Å². The number of hydrogen-bond acceptors (Lipinski definition) is 4. The zero-order valence-electron chi connectivity index (χ0n) is 13.2. The van der Waals surface area contributed by atoms with Gasteiger partial charge >= 0.3 is 0 Å². The predicted molar refractivity (Wildman–Crippen MR) is 93.9 cm³/mol. The van der Waals surface area contributed by atoms with Gasteiger partial charge in [0.2, 0.25) is 0 Å². The van der Waals surface area contributed by atoms with Crippen molar-refractivity contribution in [2.45, 2.75) is 11.4 Å². The van der Waals surface area contributed by atoms with Crippen LogP contribution in [0.15, 0.2) is 41.3 Å². The first-order chi connectivity index (χ1) is 11.1. The van der Waals surface area contributed by atoms with Crippen molar-refractivity contribution in [1.29, 1.82) is 0 Å². The first kappa shape index (κ1) is 17.5. The van der Waals surface area contributed by atoms with E-state index in [-0.39, 0.29) is 5.91 Å². The van der Waals surface area contributed by atoms with Gasteiger partial charge in [-0.15, -0.1) is 11.8 Å². The number of carbonyl (C=O) groups excluding carboxylic acids is 1. The van der Waals surface area contributed by atoms with Crippen LogP contribution in [-0.4, -0.2) is 26.4 Å². The van der Waals surface area contributed by atoms with Gasteiger partial charge in [-0.25, -0.2) is 0 Å². The summed E-state index contributed by atoms with van der Waals surface area (Å²) >= 11 is 7.68. The highest BCUT2D eigenvalue weighted by Crippen LogP contribution is 2.24. The van der Waals surface area contributed by atoms with E-state index in [4.69, 9.17) is 21.1 Å². The average molecular weight is 352 g/mol. The molecule has 2 aromatic rings. The minimum absolute atomic E-state index is 0.215. The Hall–Kier alpha value is -1.85. The molecule has 0 saturated carbocycles. The van der Waals surface area contributed by atoms with Crippen molar-refractivity contribution < 1.29 is 14.3 Å². The summed E-state index contributed by atoms with van der Waals surface area (Å²) in [5.74, 6) is 1.14. The van der Waals surface area contributed by atoms with Gasteiger partial charge in [0.1, 0.15) is 11.5 Å². The summed E-state index contributed by atoms with van der Waals surface area (Å²) in [4.78, 5) is 13.3. The molecule has 0 aliphatic carbocycles. The minimum Gasteiger partial charge on any atom is -0.497 e. The van der Waals surface area contributed by atoms with Crippen molar-refractivity contribution in [2.75, 3.05) is 20.5 Å². The number of rotatable bonds is 6. The van der Waals surface area contributed by atoms with Crippen LogP contribution in [0.4, 0.5) is 0 Å². The molecule has 0 fully saturated rings. The Bertz CT molecular complexity index is 684. The van der Waals surface area contributed by atoms with Crippen LogP contribution < -0.4 is 14.8 Å². The molecule has 23 heavy (non-hydrogen) atoms. The number of hydrogen-bond donors (Lipinski definition) is 1. The second-order valence-electron chi connectivity index (χ2n) is 4.75. The van der Waals surface area contributed by atoms with E-state index in [1.165, 1.54) is 0 Å². The molecular weight excluding hydrogens is 334 g/mol. The lowest BCUT2D eigenvalue weighted by atomic mass is 10.1. The standard InChI is InChI=1S/C17H18ClNO3S/c1-21-12-6-11(7-13(8-12)22-2)10-19-17(20)15-9-14(23-3)4-5-16(15)18/h4-9H,10H2,1-3H3,(H,19,20). The highest BCUT2D eigenvalue weighted by Gasteiger charge is 2.11. The Balaban J connectivity index is 2.13. The Kier molecular flexibility index (Phi) is 6.19. The molecular formula is C17H18ClNO3S. The number of ether oxygens (including phenoxy) is 2. The molecule has 0 unspecified atom stereocenters. The molecule has 6 heteroatoms. The molecule has 2 aromatic carbocycles. The molecule has 2 rings (SSSR count). The van der Waals surface area contributed by atoms with Crippen LogP contribution in [0.2, 0.25) is 5.02 Å². The van der Waals surface area contributed by atoms with E-state index in [1.807, 2.05) is 24.5 Å². The van der Waals surface area contributed by atoms with E-state index in [2.05, 4.69) is 5.32 Å². The van der Waals surface area contributed by atoms with E-state index in [1.54, 1.807) is 44.2 Å². The average Bonchev–Trinajstić information content (AvgIpc) is 2.59. The molecule has 4 nitrogen and oxygen atoms in total. The Morgan fingerprint density at radius 2 is 1.78 bits per heavy atom. The first-order valence-electron chi connectivity index (χ1n) is 6.91. The quantitative estimate of drug-likeness (QED) is 0.799. The third kappa shape index (κ3) is 4.56. The smallest absolute Gasteiger partial charge is 0.253 e. The van der Waals surface area contributed by atoms with Crippen molar-refractivity contribution in [3.8, 4) is 11.5 Å². The fourth-order valence-corrected chi connectivity index (χ4v) is 2.69. The molecule has 0 saturated heterocycles. The third-order valence-electron chi connectivity index (χ3n) is 3.28. The maximum absolute atomic E-state index is 12.3. The van der Waals surface area contributed by atoms with Crippen molar-refractivity contribution in [3.05, 3.63) is 52.5 Å². The van der Waals surface area contributed by atoms with Gasteiger partial charge in [-0.2, -0.15) is 0 Å². The van der Waals surface area contributed by atoms with Crippen molar-refractivity contribution >= 4 is 29.3 Å². The number of thioether (sulfide) groups is 1. The number of methoxy groups -OCH3 is 2. The van der Waals surface area contributed by atoms with Crippen LogP contribution in [0.5, 0.6) is 11.5 Å². The maximum Gasteiger partial charge on any atom is 0.253 e. The summed E-state index contributed by atoms with van der Waals surface area (Å²) in [6, 6.07) is 10.9. The number of nitrogens with one attached hydrogen (secondary N) is 1. The van der Waals surface area contributed by atoms with Gasteiger partial charge in [-0.05, 0) is 42.2 Å². The van der Waals surface area contributed by atoms with Gasteiger partial charge in [-0.1, -0.05) is 11.6 Å². The largest absolute Gasteiger partial charge is 0.497 e. The van der Waals surface area contributed by atoms with Gasteiger partial charge < -0.3 is 14.8 Å². The maximum atomic E-state index is 12.3. The van der Waals surface area contributed by atoms with Gasteiger partial charge in [0, 0.05) is 17.5 Å². The second-order valence-corrected chi connectivity index (χ2v) is 6.04. The normalized spacial score (nSPS) is 10.3. The van der Waals surface area contributed by atoms with Gasteiger partial charge in [0.05, 0.1) is 24.8 Å². The van der Waals surface area contributed by atoms with E-state index in [9.17, 15) is 4.79 Å². The van der Waals surface area contributed by atoms with Crippen molar-refractivity contribution in [1.82, 2.24) is 5.32 Å². The molecule has 0 aromatic heterocycles. The third-order valence-corrected chi connectivity index (χ3v) is 4.34. The molecule has 122 valence electrons. The molecule has 0 bridgehead atoms. The molecule has 0 aliphatic heterocycles. The lowest BCUT2D eigenvalue weighted by Crippen LogP contribution is -2.23. The van der Waals surface area contributed by atoms with Crippen LogP contribution >= 0.6 is 23.4 Å². The van der Waals surface area contributed by atoms with Crippen LogP contribution in [0, 0.1) is 0 Å². The number of carbonyl (C=O) groups is 1. The summed E-state index contributed by atoms with van der Waals surface area (Å²) < 4.78 is 10.4. The summed E-state index contributed by atoms with van der Waals surface area (Å²) in [6.07, 6.45) is 1.95. The Morgan fingerprint density at radius 3 is 2.35 bits per heavy atom. The van der Waals surface area contributed by atoms with Gasteiger partial charge in [0.25, 0.3) is 5.91 Å². The monoisotopic (exact) mass is 351 g/mol. The zero-order chi connectivity index (χ0) is 16.8. The van der Waals surface area contributed by atoms with Crippen LogP contribution in [0.3, 0.4) is 0 Å². The summed E-state index contributed by atoms with van der Waals surface area (Å²) in [6.45, 7) is 0.353. The lowest BCUT2D eigenvalue weighted by molar-refractivity contribution is 0.0950. The fraction of sp³-hybridized carbons (Fsp3) is 0.235. The van der Waals surface area contributed by atoms with Crippen molar-refractivity contribution in [3.63, 3.8) is 0 Å². The predicted octanol–water partition coefficient (Wildman–Crippen LogP) is 4.01. The van der Waals surface area contributed by atoms with Gasteiger partial charge in [-0.3, -0.25) is 4.79 Å². The van der Waals surface area contributed by atoms with E-state index >= 15 is 0 Å². The number of amides is 1. The van der Waals surface area contributed by atoms with E-state index in [0.717, 1.165) is 10.5 Å². The topological polar surface area (TPSA) is 47.6 Å². The lowest BCUT2D eigenvalue weighted by Gasteiger charge is -2.11. The molecule has 0 aliphatic rings. The zero-order valence-corrected chi connectivity index (χ0v) is 14.8.